The molecule has 0 radical (unpaired) electrons. The van der Waals surface area contributed by atoms with Gasteiger partial charge in [0.05, 0.1) is 4.47 Å². The molecule has 2 rings (SSSR count). The van der Waals surface area contributed by atoms with Gasteiger partial charge in [-0.2, -0.15) is 0 Å². The second-order valence-corrected chi connectivity index (χ2v) is 4.56. The number of hydrogen-bond donors (Lipinski definition) is 1. The van der Waals surface area contributed by atoms with Crippen LogP contribution in [0.4, 0.5) is 5.95 Å². The standard InChI is InChI=1S/C11H9BrClN3/c12-9-6-15-11(16-7-9)14-5-8-2-1-3-10(13)4-8/h1-4,6-7H,5H2,(H,14,15,16). The highest BCUT2D eigenvalue weighted by Crippen LogP contribution is 2.12. The first-order valence-electron chi connectivity index (χ1n) is 4.70. The van der Waals surface area contributed by atoms with Crippen LogP contribution in [0.25, 0.3) is 0 Å². The van der Waals surface area contributed by atoms with Crippen LogP contribution in [-0.2, 0) is 6.54 Å². The molecule has 0 spiro atoms. The number of rotatable bonds is 3. The maximum Gasteiger partial charge on any atom is 0.222 e. The van der Waals surface area contributed by atoms with Crippen LogP contribution in [0.1, 0.15) is 5.56 Å². The van der Waals surface area contributed by atoms with Gasteiger partial charge in [0, 0.05) is 24.0 Å². The summed E-state index contributed by atoms with van der Waals surface area (Å²) in [6.45, 7) is 0.655. The zero-order valence-corrected chi connectivity index (χ0v) is 10.7. The van der Waals surface area contributed by atoms with Gasteiger partial charge in [0.25, 0.3) is 0 Å². The highest BCUT2D eigenvalue weighted by molar-refractivity contribution is 9.10. The number of benzene rings is 1. The largest absolute Gasteiger partial charge is 0.350 e. The molecule has 82 valence electrons. The van der Waals surface area contributed by atoms with Gasteiger partial charge in [0.2, 0.25) is 5.95 Å². The van der Waals surface area contributed by atoms with E-state index in [1.807, 2.05) is 24.3 Å². The summed E-state index contributed by atoms with van der Waals surface area (Å²) in [6, 6.07) is 7.67. The van der Waals surface area contributed by atoms with E-state index in [0.717, 1.165) is 15.1 Å². The molecular weight excluding hydrogens is 289 g/mol. The highest BCUT2D eigenvalue weighted by Gasteiger charge is 1.97. The van der Waals surface area contributed by atoms with E-state index in [1.54, 1.807) is 12.4 Å². The summed E-state index contributed by atoms with van der Waals surface area (Å²) < 4.78 is 0.862. The summed E-state index contributed by atoms with van der Waals surface area (Å²) in [6.07, 6.45) is 3.40. The van der Waals surface area contributed by atoms with Crippen molar-refractivity contribution in [2.24, 2.45) is 0 Å². The van der Waals surface area contributed by atoms with Crippen molar-refractivity contribution in [2.45, 2.75) is 6.54 Å². The molecule has 0 unspecified atom stereocenters. The molecule has 0 aliphatic heterocycles. The van der Waals surface area contributed by atoms with Crippen molar-refractivity contribution in [1.29, 1.82) is 0 Å². The van der Waals surface area contributed by atoms with E-state index in [1.165, 1.54) is 0 Å². The molecule has 5 heteroatoms. The third-order valence-electron chi connectivity index (χ3n) is 1.96. The molecule has 0 bridgehead atoms. The number of nitrogens with zero attached hydrogens (tertiary/aromatic N) is 2. The summed E-state index contributed by atoms with van der Waals surface area (Å²) in [7, 11) is 0. The van der Waals surface area contributed by atoms with E-state index in [4.69, 9.17) is 11.6 Å². The predicted octanol–water partition coefficient (Wildman–Crippen LogP) is 3.50. The molecule has 0 saturated heterocycles. The fraction of sp³-hybridized carbons (Fsp3) is 0.0909. The summed E-state index contributed by atoms with van der Waals surface area (Å²) >= 11 is 9.16. The molecule has 0 amide bonds. The second kappa shape index (κ2) is 5.27. The Morgan fingerprint density at radius 2 is 2.00 bits per heavy atom. The van der Waals surface area contributed by atoms with Crippen molar-refractivity contribution in [3.8, 4) is 0 Å². The lowest BCUT2D eigenvalue weighted by molar-refractivity contribution is 1.05. The molecule has 0 saturated carbocycles. The highest BCUT2D eigenvalue weighted by atomic mass is 79.9. The predicted molar refractivity (Wildman–Crippen MR) is 68.5 cm³/mol. The van der Waals surface area contributed by atoms with Crippen LogP contribution in [0.2, 0.25) is 5.02 Å². The van der Waals surface area contributed by atoms with Gasteiger partial charge in [-0.05, 0) is 33.6 Å². The summed E-state index contributed by atoms with van der Waals surface area (Å²) in [4.78, 5) is 8.23. The van der Waals surface area contributed by atoms with Gasteiger partial charge >= 0.3 is 0 Å². The Labute approximate surface area is 107 Å². The van der Waals surface area contributed by atoms with E-state index < -0.39 is 0 Å². The summed E-state index contributed by atoms with van der Waals surface area (Å²) in [5.41, 5.74) is 1.10. The molecule has 1 heterocycles. The number of hydrogen-bond acceptors (Lipinski definition) is 3. The first kappa shape index (κ1) is 11.4. The maximum absolute atomic E-state index is 5.88. The van der Waals surface area contributed by atoms with Gasteiger partial charge < -0.3 is 5.32 Å². The van der Waals surface area contributed by atoms with Crippen LogP contribution in [-0.4, -0.2) is 9.97 Å². The van der Waals surface area contributed by atoms with Crippen molar-refractivity contribution < 1.29 is 0 Å². The van der Waals surface area contributed by atoms with Gasteiger partial charge in [0.15, 0.2) is 0 Å². The number of anilines is 1. The average molecular weight is 299 g/mol. The van der Waals surface area contributed by atoms with Gasteiger partial charge in [-0.15, -0.1) is 0 Å². The zero-order valence-electron chi connectivity index (χ0n) is 8.32. The number of aromatic nitrogens is 2. The quantitative estimate of drug-likeness (QED) is 0.942. The van der Waals surface area contributed by atoms with Gasteiger partial charge in [-0.1, -0.05) is 23.7 Å². The Morgan fingerprint density at radius 3 is 2.69 bits per heavy atom. The lowest BCUT2D eigenvalue weighted by atomic mass is 10.2. The molecule has 0 fully saturated rings. The van der Waals surface area contributed by atoms with Gasteiger partial charge in [-0.25, -0.2) is 9.97 Å². The lowest BCUT2D eigenvalue weighted by Crippen LogP contribution is -2.02. The SMILES string of the molecule is Clc1cccc(CNc2ncc(Br)cn2)c1. The van der Waals surface area contributed by atoms with E-state index in [9.17, 15) is 0 Å². The molecule has 1 N–H and O–H groups in total. The smallest absolute Gasteiger partial charge is 0.222 e. The zero-order chi connectivity index (χ0) is 11.4. The minimum absolute atomic E-state index is 0.600. The van der Waals surface area contributed by atoms with Crippen LogP contribution < -0.4 is 5.32 Å². The molecule has 1 aromatic carbocycles. The fourth-order valence-corrected chi connectivity index (χ4v) is 1.65. The van der Waals surface area contributed by atoms with E-state index >= 15 is 0 Å². The Morgan fingerprint density at radius 1 is 1.25 bits per heavy atom. The Kier molecular flexibility index (Phi) is 3.74. The first-order valence-corrected chi connectivity index (χ1v) is 5.87. The minimum Gasteiger partial charge on any atom is -0.350 e. The third-order valence-corrected chi connectivity index (χ3v) is 2.60. The number of halogens is 2. The molecule has 2 aromatic rings. The van der Waals surface area contributed by atoms with Crippen LogP contribution >= 0.6 is 27.5 Å². The molecule has 3 nitrogen and oxygen atoms in total. The minimum atomic E-state index is 0.600. The fourth-order valence-electron chi connectivity index (χ4n) is 1.23. The Hall–Kier alpha value is -1.13. The number of nitrogens with one attached hydrogen (secondary N) is 1. The van der Waals surface area contributed by atoms with Crippen LogP contribution in [0.3, 0.4) is 0 Å². The maximum atomic E-state index is 5.88. The molecule has 0 aliphatic carbocycles. The second-order valence-electron chi connectivity index (χ2n) is 3.21. The molecule has 16 heavy (non-hydrogen) atoms. The monoisotopic (exact) mass is 297 g/mol. The molecule has 0 aliphatic rings. The van der Waals surface area contributed by atoms with Crippen molar-refractivity contribution in [1.82, 2.24) is 9.97 Å². The summed E-state index contributed by atoms with van der Waals surface area (Å²) in [5, 5.41) is 3.85. The van der Waals surface area contributed by atoms with Crippen LogP contribution in [0.5, 0.6) is 0 Å². The Balaban J connectivity index is 1.99. The normalized spacial score (nSPS) is 10.1. The summed E-state index contributed by atoms with van der Waals surface area (Å²) in [5.74, 6) is 0.600. The van der Waals surface area contributed by atoms with Crippen LogP contribution in [0, 0.1) is 0 Å². The van der Waals surface area contributed by atoms with Gasteiger partial charge in [-0.3, -0.25) is 0 Å². The van der Waals surface area contributed by atoms with Crippen molar-refractivity contribution in [2.75, 3.05) is 5.32 Å². The lowest BCUT2D eigenvalue weighted by Gasteiger charge is -2.04. The molecule has 1 aromatic heterocycles. The van der Waals surface area contributed by atoms with E-state index in [-0.39, 0.29) is 0 Å². The Bertz CT molecular complexity index is 473. The van der Waals surface area contributed by atoms with E-state index in [0.29, 0.717) is 12.5 Å². The topological polar surface area (TPSA) is 37.8 Å². The average Bonchev–Trinajstić information content (AvgIpc) is 2.28. The van der Waals surface area contributed by atoms with Crippen LogP contribution in [0.15, 0.2) is 41.1 Å². The molecule has 0 atom stereocenters. The third kappa shape index (κ3) is 3.18. The van der Waals surface area contributed by atoms with Crippen molar-refractivity contribution >= 4 is 33.5 Å². The van der Waals surface area contributed by atoms with E-state index in [2.05, 4.69) is 31.2 Å². The van der Waals surface area contributed by atoms with Crippen molar-refractivity contribution in [3.05, 3.63) is 51.7 Å². The van der Waals surface area contributed by atoms with Gasteiger partial charge in [0.1, 0.15) is 0 Å². The van der Waals surface area contributed by atoms with Crippen molar-refractivity contribution in [3.63, 3.8) is 0 Å². The first-order chi connectivity index (χ1) is 7.74. The molecular formula is C11H9BrClN3.